The number of amides is 2. The molecule has 6 nitrogen and oxygen atoms in total. The Labute approximate surface area is 115 Å². The number of rotatable bonds is 7. The summed E-state index contributed by atoms with van der Waals surface area (Å²) in [5.74, 6) is -0.735. The molecular weight excluding hydrogens is 248 g/mol. The molecule has 0 aliphatic rings. The van der Waals surface area contributed by atoms with Crippen LogP contribution in [0.3, 0.4) is 0 Å². The first-order chi connectivity index (χ1) is 8.68. The van der Waals surface area contributed by atoms with Crippen LogP contribution in [0, 0.1) is 11.3 Å². The molecule has 0 heterocycles. The zero-order valence-electron chi connectivity index (χ0n) is 12.5. The van der Waals surface area contributed by atoms with Crippen molar-refractivity contribution in [1.29, 1.82) is 0 Å². The maximum absolute atomic E-state index is 11.9. The molecule has 0 aliphatic heterocycles. The van der Waals surface area contributed by atoms with E-state index in [2.05, 4.69) is 33.0 Å². The van der Waals surface area contributed by atoms with Crippen LogP contribution >= 0.6 is 0 Å². The number of nitrogens with one attached hydrogen (secondary N) is 1. The first-order valence-electron chi connectivity index (χ1n) is 6.42. The number of carboxylic acids is 1. The van der Waals surface area contributed by atoms with Crippen LogP contribution in [0.5, 0.6) is 0 Å². The Morgan fingerprint density at radius 2 is 1.95 bits per heavy atom. The number of hydrogen-bond donors (Lipinski definition) is 2. The molecule has 2 N–H and O–H groups in total. The largest absolute Gasteiger partial charge is 0.480 e. The molecule has 19 heavy (non-hydrogen) atoms. The molecule has 0 saturated heterocycles. The second kappa shape index (κ2) is 7.99. The zero-order valence-corrected chi connectivity index (χ0v) is 12.5. The molecule has 0 radical (unpaired) electrons. The average molecular weight is 274 g/mol. The maximum Gasteiger partial charge on any atom is 0.323 e. The lowest BCUT2D eigenvalue weighted by Crippen LogP contribution is -2.46. The van der Waals surface area contributed by atoms with Crippen LogP contribution in [-0.4, -0.2) is 55.4 Å². The second-order valence-electron chi connectivity index (χ2n) is 5.76. The van der Waals surface area contributed by atoms with Gasteiger partial charge in [-0.15, -0.1) is 0 Å². The minimum absolute atomic E-state index is 0.0947. The molecule has 0 aromatic carbocycles. The van der Waals surface area contributed by atoms with Crippen molar-refractivity contribution < 1.29 is 19.4 Å². The van der Waals surface area contributed by atoms with E-state index in [1.807, 2.05) is 0 Å². The lowest BCUT2D eigenvalue weighted by atomic mass is 9.82. The van der Waals surface area contributed by atoms with Gasteiger partial charge in [-0.1, -0.05) is 27.7 Å². The van der Waals surface area contributed by atoms with Crippen molar-refractivity contribution in [1.82, 2.24) is 10.2 Å². The number of aliphatic carboxylic acids is 1. The average Bonchev–Trinajstić information content (AvgIpc) is 2.29. The highest BCUT2D eigenvalue weighted by molar-refractivity contribution is 5.80. The lowest BCUT2D eigenvalue weighted by Gasteiger charge is -2.28. The fourth-order valence-electron chi connectivity index (χ4n) is 1.28. The van der Waals surface area contributed by atoms with Gasteiger partial charge in [-0.05, 0) is 11.3 Å². The van der Waals surface area contributed by atoms with E-state index in [0.717, 1.165) is 0 Å². The summed E-state index contributed by atoms with van der Waals surface area (Å²) >= 11 is 0. The first-order valence-corrected chi connectivity index (χ1v) is 6.42. The molecule has 112 valence electrons. The third-order valence-corrected chi connectivity index (χ3v) is 3.22. The summed E-state index contributed by atoms with van der Waals surface area (Å²) in [5, 5.41) is 11.5. The van der Waals surface area contributed by atoms with E-state index >= 15 is 0 Å². The molecule has 0 rings (SSSR count). The normalized spacial score (nSPS) is 12.9. The standard InChI is InChI=1S/C13H26N2O4/c1-10(13(2,3)4)8-14-12(18)15(6-7-19-5)9-11(16)17/h10H,6-9H2,1-5H3,(H,14,18)(H,16,17). The van der Waals surface area contributed by atoms with Gasteiger partial charge in [-0.2, -0.15) is 0 Å². The summed E-state index contributed by atoms with van der Waals surface area (Å²) in [6.45, 7) is 9.13. The van der Waals surface area contributed by atoms with Gasteiger partial charge in [0.15, 0.2) is 0 Å². The first kappa shape index (κ1) is 17.7. The number of hydrogen-bond acceptors (Lipinski definition) is 3. The van der Waals surface area contributed by atoms with Crippen LogP contribution in [-0.2, 0) is 9.53 Å². The van der Waals surface area contributed by atoms with Crippen LogP contribution < -0.4 is 5.32 Å². The fourth-order valence-corrected chi connectivity index (χ4v) is 1.28. The van der Waals surface area contributed by atoms with E-state index in [1.165, 1.54) is 12.0 Å². The number of urea groups is 1. The van der Waals surface area contributed by atoms with Crippen LogP contribution in [0.25, 0.3) is 0 Å². The quantitative estimate of drug-likeness (QED) is 0.735. The number of carboxylic acid groups (broad SMARTS) is 1. The Hall–Kier alpha value is -1.30. The van der Waals surface area contributed by atoms with Crippen molar-refractivity contribution in [3.05, 3.63) is 0 Å². The summed E-state index contributed by atoms with van der Waals surface area (Å²) in [6.07, 6.45) is 0. The topological polar surface area (TPSA) is 78.9 Å². The van der Waals surface area contributed by atoms with Crippen molar-refractivity contribution in [2.24, 2.45) is 11.3 Å². The molecule has 2 amide bonds. The van der Waals surface area contributed by atoms with E-state index in [1.54, 1.807) is 0 Å². The fraction of sp³-hybridized carbons (Fsp3) is 0.846. The second-order valence-corrected chi connectivity index (χ2v) is 5.76. The summed E-state index contributed by atoms with van der Waals surface area (Å²) in [4.78, 5) is 23.9. The molecule has 0 fully saturated rings. The van der Waals surface area contributed by atoms with Crippen molar-refractivity contribution in [3.8, 4) is 0 Å². The van der Waals surface area contributed by atoms with E-state index < -0.39 is 5.97 Å². The molecule has 1 unspecified atom stereocenters. The highest BCUT2D eigenvalue weighted by atomic mass is 16.5. The number of carbonyl (C=O) groups excluding carboxylic acids is 1. The minimum atomic E-state index is -1.03. The van der Waals surface area contributed by atoms with Crippen molar-refractivity contribution in [2.45, 2.75) is 27.7 Å². The number of nitrogens with zero attached hydrogens (tertiary/aromatic N) is 1. The van der Waals surface area contributed by atoms with Gasteiger partial charge in [-0.3, -0.25) is 4.79 Å². The predicted octanol–water partition coefficient (Wildman–Crippen LogP) is 1.41. The third kappa shape index (κ3) is 7.66. The Kier molecular flexibility index (Phi) is 7.44. The maximum atomic E-state index is 11.9. The van der Waals surface area contributed by atoms with Gasteiger partial charge in [0.2, 0.25) is 0 Å². The molecule has 0 spiro atoms. The van der Waals surface area contributed by atoms with Gasteiger partial charge in [0, 0.05) is 20.2 Å². The highest BCUT2D eigenvalue weighted by Gasteiger charge is 2.22. The predicted molar refractivity (Wildman–Crippen MR) is 73.1 cm³/mol. The molecule has 0 bridgehead atoms. The minimum Gasteiger partial charge on any atom is -0.480 e. The summed E-state index contributed by atoms with van der Waals surface area (Å²) in [7, 11) is 1.51. The van der Waals surface area contributed by atoms with Gasteiger partial charge >= 0.3 is 12.0 Å². The van der Waals surface area contributed by atoms with E-state index in [9.17, 15) is 9.59 Å². The molecular formula is C13H26N2O4. The van der Waals surface area contributed by atoms with Crippen molar-refractivity contribution >= 4 is 12.0 Å². The van der Waals surface area contributed by atoms with E-state index in [4.69, 9.17) is 9.84 Å². The van der Waals surface area contributed by atoms with Crippen LogP contribution in [0.1, 0.15) is 27.7 Å². The van der Waals surface area contributed by atoms with Gasteiger partial charge in [0.05, 0.1) is 6.61 Å². The van der Waals surface area contributed by atoms with E-state index in [0.29, 0.717) is 19.1 Å². The van der Waals surface area contributed by atoms with Gasteiger partial charge in [0.25, 0.3) is 0 Å². The highest BCUT2D eigenvalue weighted by Crippen LogP contribution is 2.24. The Morgan fingerprint density at radius 1 is 1.37 bits per heavy atom. The number of carbonyl (C=O) groups is 2. The zero-order chi connectivity index (χ0) is 15.1. The number of methoxy groups -OCH3 is 1. The Balaban J connectivity index is 4.35. The molecule has 0 saturated carbocycles. The Morgan fingerprint density at radius 3 is 2.37 bits per heavy atom. The summed E-state index contributed by atoms with van der Waals surface area (Å²) < 4.78 is 4.87. The smallest absolute Gasteiger partial charge is 0.323 e. The summed E-state index contributed by atoms with van der Waals surface area (Å²) in [5.41, 5.74) is 0.0947. The van der Waals surface area contributed by atoms with Gasteiger partial charge < -0.3 is 20.1 Å². The van der Waals surface area contributed by atoms with Crippen molar-refractivity contribution in [3.63, 3.8) is 0 Å². The third-order valence-electron chi connectivity index (χ3n) is 3.22. The lowest BCUT2D eigenvalue weighted by molar-refractivity contribution is -0.137. The summed E-state index contributed by atoms with van der Waals surface area (Å²) in [6, 6.07) is -0.365. The molecule has 0 aromatic heterocycles. The molecule has 0 aromatic rings. The van der Waals surface area contributed by atoms with Crippen molar-refractivity contribution in [2.75, 3.05) is 33.4 Å². The molecule has 0 aliphatic carbocycles. The van der Waals surface area contributed by atoms with Gasteiger partial charge in [-0.25, -0.2) is 4.79 Å². The van der Waals surface area contributed by atoms with Crippen LogP contribution in [0.2, 0.25) is 0 Å². The van der Waals surface area contributed by atoms with Gasteiger partial charge in [0.1, 0.15) is 6.54 Å². The van der Waals surface area contributed by atoms with E-state index in [-0.39, 0.29) is 24.5 Å². The SMILES string of the molecule is COCCN(CC(=O)O)C(=O)NCC(C)C(C)(C)C. The Bertz CT molecular complexity index is 300. The molecule has 1 atom stereocenters. The number of ether oxygens (including phenoxy) is 1. The van der Waals surface area contributed by atoms with Crippen LogP contribution in [0.4, 0.5) is 4.79 Å². The van der Waals surface area contributed by atoms with Crippen LogP contribution in [0.15, 0.2) is 0 Å². The monoisotopic (exact) mass is 274 g/mol. The molecule has 6 heteroatoms.